The van der Waals surface area contributed by atoms with E-state index < -0.39 is 11.7 Å². The fourth-order valence-corrected chi connectivity index (χ4v) is 2.87. The molecule has 0 saturated heterocycles. The zero-order chi connectivity index (χ0) is 15.5. The Labute approximate surface area is 124 Å². The molecule has 0 heterocycles. The summed E-state index contributed by atoms with van der Waals surface area (Å²) >= 11 is 0. The number of benzene rings is 1. The maximum atomic E-state index is 12.8. The molecule has 1 aliphatic carbocycles. The second kappa shape index (κ2) is 6.39. The molecule has 1 saturated carbocycles. The lowest BCUT2D eigenvalue weighted by Crippen LogP contribution is -2.35. The van der Waals surface area contributed by atoms with Crippen molar-refractivity contribution in [1.29, 1.82) is 0 Å². The van der Waals surface area contributed by atoms with E-state index in [9.17, 15) is 13.2 Å². The molecule has 1 aliphatic rings. The van der Waals surface area contributed by atoms with Gasteiger partial charge in [0, 0.05) is 12.6 Å². The Hall–Kier alpha value is -1.03. The van der Waals surface area contributed by atoms with Crippen molar-refractivity contribution in [2.24, 2.45) is 5.41 Å². The molecule has 21 heavy (non-hydrogen) atoms. The first-order valence-electron chi connectivity index (χ1n) is 7.72. The first-order chi connectivity index (χ1) is 9.82. The molecule has 1 aromatic carbocycles. The van der Waals surface area contributed by atoms with Crippen molar-refractivity contribution in [2.75, 3.05) is 6.54 Å². The van der Waals surface area contributed by atoms with Gasteiger partial charge in [-0.15, -0.1) is 0 Å². The maximum absolute atomic E-state index is 12.8. The average molecular weight is 299 g/mol. The van der Waals surface area contributed by atoms with Crippen LogP contribution in [0.5, 0.6) is 0 Å². The Morgan fingerprint density at radius 3 is 2.52 bits per heavy atom. The van der Waals surface area contributed by atoms with E-state index >= 15 is 0 Å². The summed E-state index contributed by atoms with van der Waals surface area (Å²) in [6.45, 7) is 5.18. The van der Waals surface area contributed by atoms with Gasteiger partial charge in [0.2, 0.25) is 0 Å². The van der Waals surface area contributed by atoms with E-state index in [2.05, 4.69) is 19.2 Å². The van der Waals surface area contributed by atoms with Gasteiger partial charge in [0.25, 0.3) is 0 Å². The summed E-state index contributed by atoms with van der Waals surface area (Å²) < 4.78 is 38.4. The third-order valence-corrected chi connectivity index (χ3v) is 4.13. The van der Waals surface area contributed by atoms with Gasteiger partial charge < -0.3 is 5.32 Å². The minimum atomic E-state index is -4.26. The second-order valence-corrected chi connectivity index (χ2v) is 6.59. The molecule has 0 amide bonds. The second-order valence-electron chi connectivity index (χ2n) is 6.59. The Bertz CT molecular complexity index is 465. The zero-order valence-corrected chi connectivity index (χ0v) is 12.8. The van der Waals surface area contributed by atoms with Gasteiger partial charge in [-0.2, -0.15) is 13.2 Å². The van der Waals surface area contributed by atoms with E-state index in [1.165, 1.54) is 25.0 Å². The maximum Gasteiger partial charge on any atom is 0.416 e. The highest BCUT2D eigenvalue weighted by molar-refractivity contribution is 5.26. The van der Waals surface area contributed by atoms with Gasteiger partial charge in [-0.25, -0.2) is 0 Å². The van der Waals surface area contributed by atoms with E-state index in [-0.39, 0.29) is 5.41 Å². The number of alkyl halides is 3. The molecule has 0 bridgehead atoms. The summed E-state index contributed by atoms with van der Waals surface area (Å²) in [7, 11) is 0. The molecule has 4 heteroatoms. The van der Waals surface area contributed by atoms with Crippen molar-refractivity contribution < 1.29 is 13.2 Å². The standard InChI is InChI=1S/C17H24F3N/c1-3-9-16(2,12-21-15-7-8-15)11-13-5-4-6-14(10-13)17(18,19)20/h4-6,10,15,21H,3,7-9,11-12H2,1-2H3. The van der Waals surface area contributed by atoms with Crippen molar-refractivity contribution in [2.45, 2.75) is 58.2 Å². The van der Waals surface area contributed by atoms with E-state index in [1.54, 1.807) is 6.07 Å². The van der Waals surface area contributed by atoms with Gasteiger partial charge in [0.1, 0.15) is 0 Å². The first-order valence-corrected chi connectivity index (χ1v) is 7.72. The predicted octanol–water partition coefficient (Wildman–Crippen LogP) is 4.81. The van der Waals surface area contributed by atoms with Crippen LogP contribution in [-0.4, -0.2) is 12.6 Å². The highest BCUT2D eigenvalue weighted by Gasteiger charge is 2.32. The van der Waals surface area contributed by atoms with Gasteiger partial charge in [-0.05, 0) is 42.7 Å². The molecule has 0 spiro atoms. The monoisotopic (exact) mass is 299 g/mol. The highest BCUT2D eigenvalue weighted by atomic mass is 19.4. The molecule has 0 aliphatic heterocycles. The molecular formula is C17H24F3N. The molecular weight excluding hydrogens is 275 g/mol. The summed E-state index contributed by atoms with van der Waals surface area (Å²) in [5.41, 5.74) is 0.244. The van der Waals surface area contributed by atoms with Crippen LogP contribution in [0.3, 0.4) is 0 Å². The molecule has 0 radical (unpaired) electrons. The average Bonchev–Trinajstić information content (AvgIpc) is 3.20. The van der Waals surface area contributed by atoms with Crippen LogP contribution in [0.15, 0.2) is 24.3 Å². The van der Waals surface area contributed by atoms with Crippen LogP contribution in [-0.2, 0) is 12.6 Å². The zero-order valence-electron chi connectivity index (χ0n) is 12.8. The van der Waals surface area contributed by atoms with Crippen LogP contribution in [0.25, 0.3) is 0 Å². The lowest BCUT2D eigenvalue weighted by Gasteiger charge is -2.30. The molecule has 2 rings (SSSR count). The topological polar surface area (TPSA) is 12.0 Å². The van der Waals surface area contributed by atoms with Crippen LogP contribution < -0.4 is 5.32 Å². The van der Waals surface area contributed by atoms with E-state index in [1.807, 2.05) is 0 Å². The minimum absolute atomic E-state index is 0.0154. The molecule has 118 valence electrons. The normalized spacial score (nSPS) is 18.5. The summed E-state index contributed by atoms with van der Waals surface area (Å²) in [5.74, 6) is 0. The quantitative estimate of drug-likeness (QED) is 0.762. The molecule has 1 N–H and O–H groups in total. The minimum Gasteiger partial charge on any atom is -0.313 e. The van der Waals surface area contributed by atoms with Gasteiger partial charge in [-0.1, -0.05) is 38.5 Å². The van der Waals surface area contributed by atoms with Crippen molar-refractivity contribution in [3.8, 4) is 0 Å². The van der Waals surface area contributed by atoms with Gasteiger partial charge in [0.15, 0.2) is 0 Å². The number of halogens is 3. The summed E-state index contributed by atoms with van der Waals surface area (Å²) in [5, 5.41) is 3.52. The predicted molar refractivity (Wildman–Crippen MR) is 79.2 cm³/mol. The number of hydrogen-bond donors (Lipinski definition) is 1. The van der Waals surface area contributed by atoms with E-state index in [0.29, 0.717) is 12.5 Å². The molecule has 1 unspecified atom stereocenters. The van der Waals surface area contributed by atoms with Crippen LogP contribution in [0, 0.1) is 5.41 Å². The van der Waals surface area contributed by atoms with Crippen molar-refractivity contribution >= 4 is 0 Å². The number of nitrogens with one attached hydrogen (secondary N) is 1. The third kappa shape index (κ3) is 5.03. The highest BCUT2D eigenvalue weighted by Crippen LogP contribution is 2.33. The SMILES string of the molecule is CCCC(C)(CNC1CC1)Cc1cccc(C(F)(F)F)c1. The largest absolute Gasteiger partial charge is 0.416 e. The smallest absolute Gasteiger partial charge is 0.313 e. The summed E-state index contributed by atoms with van der Waals surface area (Å²) in [6.07, 6.45) is 0.941. The third-order valence-electron chi connectivity index (χ3n) is 4.13. The molecule has 1 fully saturated rings. The Morgan fingerprint density at radius 2 is 1.95 bits per heavy atom. The summed E-state index contributed by atoms with van der Waals surface area (Å²) in [4.78, 5) is 0. The Balaban J connectivity index is 2.07. The molecule has 1 nitrogen and oxygen atoms in total. The lowest BCUT2D eigenvalue weighted by atomic mass is 9.79. The van der Waals surface area contributed by atoms with E-state index in [4.69, 9.17) is 0 Å². The Morgan fingerprint density at radius 1 is 1.24 bits per heavy atom. The number of hydrogen-bond acceptors (Lipinski definition) is 1. The first kappa shape index (κ1) is 16.3. The number of rotatable bonds is 7. The summed E-state index contributed by atoms with van der Waals surface area (Å²) in [6, 6.07) is 6.38. The Kier molecular flexibility index (Phi) is 4.97. The van der Waals surface area contributed by atoms with Crippen molar-refractivity contribution in [3.05, 3.63) is 35.4 Å². The molecule has 1 aromatic rings. The molecule has 0 aromatic heterocycles. The van der Waals surface area contributed by atoms with Crippen LogP contribution in [0.1, 0.15) is 50.7 Å². The van der Waals surface area contributed by atoms with Gasteiger partial charge >= 0.3 is 6.18 Å². The fourth-order valence-electron chi connectivity index (χ4n) is 2.87. The van der Waals surface area contributed by atoms with Crippen molar-refractivity contribution in [3.63, 3.8) is 0 Å². The van der Waals surface area contributed by atoms with Crippen LogP contribution >= 0.6 is 0 Å². The van der Waals surface area contributed by atoms with E-state index in [0.717, 1.165) is 31.0 Å². The van der Waals surface area contributed by atoms with Crippen molar-refractivity contribution in [1.82, 2.24) is 5.32 Å². The molecule has 1 atom stereocenters. The van der Waals surface area contributed by atoms with Crippen LogP contribution in [0.2, 0.25) is 0 Å². The van der Waals surface area contributed by atoms with Gasteiger partial charge in [-0.3, -0.25) is 0 Å². The lowest BCUT2D eigenvalue weighted by molar-refractivity contribution is -0.137. The van der Waals surface area contributed by atoms with Gasteiger partial charge in [0.05, 0.1) is 5.56 Å². The fraction of sp³-hybridized carbons (Fsp3) is 0.647. The van der Waals surface area contributed by atoms with Crippen LogP contribution in [0.4, 0.5) is 13.2 Å².